The molecule has 0 bridgehead atoms. The van der Waals surface area contributed by atoms with Crippen molar-refractivity contribution >= 4 is 17.4 Å². The van der Waals surface area contributed by atoms with E-state index in [1.165, 1.54) is 11.1 Å². The maximum atomic E-state index is 13.3. The van der Waals surface area contributed by atoms with E-state index in [0.717, 1.165) is 17.8 Å². The Kier molecular flexibility index (Phi) is 4.42. The van der Waals surface area contributed by atoms with E-state index in [4.69, 9.17) is 0 Å². The normalized spacial score (nSPS) is 20.3. The van der Waals surface area contributed by atoms with E-state index in [1.54, 1.807) is 24.5 Å². The molecule has 0 radical (unpaired) electrons. The van der Waals surface area contributed by atoms with Gasteiger partial charge in [0.15, 0.2) is 0 Å². The van der Waals surface area contributed by atoms with E-state index in [9.17, 15) is 4.79 Å². The van der Waals surface area contributed by atoms with E-state index >= 15 is 0 Å². The van der Waals surface area contributed by atoms with E-state index in [-0.39, 0.29) is 17.0 Å². The van der Waals surface area contributed by atoms with Gasteiger partial charge in [0.25, 0.3) is 0 Å². The summed E-state index contributed by atoms with van der Waals surface area (Å²) in [6.45, 7) is 6.55. The zero-order valence-corrected chi connectivity index (χ0v) is 16.5. The topological polar surface area (TPSA) is 45.2 Å². The first kappa shape index (κ1) is 18.2. The summed E-state index contributed by atoms with van der Waals surface area (Å²) >= 11 is 0. The Morgan fingerprint density at radius 1 is 0.929 bits per heavy atom. The quantitative estimate of drug-likeness (QED) is 0.636. The molecule has 1 aliphatic heterocycles. The van der Waals surface area contributed by atoms with Crippen LogP contribution in [-0.4, -0.2) is 16.6 Å². The molecule has 1 aromatic heterocycles. The highest BCUT2D eigenvalue weighted by atomic mass is 16.2. The lowest BCUT2D eigenvalue weighted by Crippen LogP contribution is -2.57. The second-order valence-corrected chi connectivity index (χ2v) is 8.21. The number of rotatable bonds is 2. The lowest BCUT2D eigenvalue weighted by atomic mass is 9.65. The van der Waals surface area contributed by atoms with Gasteiger partial charge in [0.1, 0.15) is 0 Å². The number of hydrogen-bond donors (Lipinski definition) is 1. The van der Waals surface area contributed by atoms with E-state index in [2.05, 4.69) is 67.5 Å². The molecule has 3 aromatic rings. The largest absolute Gasteiger partial charge is 0.326 e. The van der Waals surface area contributed by atoms with Crippen LogP contribution in [0.15, 0.2) is 79.1 Å². The standard InChI is InChI=1S/C24H25N3O/c1-23(2)17-24(3,18-9-5-4-6-10-18)20-11-7-8-12-21(20)27(23)22(28)26-19-13-15-25-16-14-19/h4-16H,17H2,1-3H3,(H,25,26,28). The zero-order chi connectivity index (χ0) is 19.8. The number of para-hydroxylation sites is 1. The van der Waals surface area contributed by atoms with Crippen LogP contribution in [0.3, 0.4) is 0 Å². The van der Waals surface area contributed by atoms with Gasteiger partial charge in [0.05, 0.1) is 5.69 Å². The van der Waals surface area contributed by atoms with Crippen molar-refractivity contribution in [2.24, 2.45) is 0 Å². The first-order chi connectivity index (χ1) is 13.4. The number of aromatic nitrogens is 1. The number of amides is 2. The minimum absolute atomic E-state index is 0.126. The maximum Gasteiger partial charge on any atom is 0.326 e. The van der Waals surface area contributed by atoms with Gasteiger partial charge in [-0.2, -0.15) is 0 Å². The highest BCUT2D eigenvalue weighted by Crippen LogP contribution is 2.50. The van der Waals surface area contributed by atoms with Crippen LogP contribution in [0.1, 0.15) is 38.3 Å². The molecule has 28 heavy (non-hydrogen) atoms. The summed E-state index contributed by atoms with van der Waals surface area (Å²) < 4.78 is 0. The van der Waals surface area contributed by atoms with Crippen LogP contribution in [0.4, 0.5) is 16.2 Å². The second kappa shape index (κ2) is 6.79. The van der Waals surface area contributed by atoms with Crippen molar-refractivity contribution in [3.63, 3.8) is 0 Å². The fourth-order valence-corrected chi connectivity index (χ4v) is 4.56. The molecular formula is C24H25N3O. The third-order valence-electron chi connectivity index (χ3n) is 5.68. The number of urea groups is 1. The van der Waals surface area contributed by atoms with Gasteiger partial charge in [0, 0.05) is 29.0 Å². The molecule has 1 N–H and O–H groups in total. The molecule has 142 valence electrons. The van der Waals surface area contributed by atoms with Crippen LogP contribution in [0.2, 0.25) is 0 Å². The van der Waals surface area contributed by atoms with Crippen molar-refractivity contribution in [2.45, 2.75) is 38.1 Å². The molecule has 1 unspecified atom stereocenters. The number of carbonyl (C=O) groups is 1. The summed E-state index contributed by atoms with van der Waals surface area (Å²) in [6.07, 6.45) is 4.18. The number of pyridine rings is 1. The van der Waals surface area contributed by atoms with Crippen LogP contribution in [0, 0.1) is 0 Å². The summed E-state index contributed by atoms with van der Waals surface area (Å²) in [7, 11) is 0. The van der Waals surface area contributed by atoms with Crippen LogP contribution < -0.4 is 10.2 Å². The third-order valence-corrected chi connectivity index (χ3v) is 5.68. The summed E-state index contributed by atoms with van der Waals surface area (Å²) in [5.74, 6) is 0. The number of hydrogen-bond acceptors (Lipinski definition) is 2. The number of benzene rings is 2. The van der Waals surface area contributed by atoms with E-state index in [1.807, 2.05) is 23.1 Å². The van der Waals surface area contributed by atoms with E-state index in [0.29, 0.717) is 0 Å². The Labute approximate surface area is 166 Å². The van der Waals surface area contributed by atoms with Crippen LogP contribution in [0.5, 0.6) is 0 Å². The molecule has 0 fully saturated rings. The Bertz CT molecular complexity index is 985. The van der Waals surface area contributed by atoms with Gasteiger partial charge < -0.3 is 5.32 Å². The SMILES string of the molecule is CC1(c2ccccc2)CC(C)(C)N(C(=O)Nc2ccncc2)c2ccccc21. The van der Waals surface area contributed by atoms with Gasteiger partial charge in [-0.3, -0.25) is 9.88 Å². The smallest absolute Gasteiger partial charge is 0.307 e. The van der Waals surface area contributed by atoms with Gasteiger partial charge in [-0.25, -0.2) is 4.79 Å². The number of fused-ring (bicyclic) bond motifs is 1. The molecule has 1 atom stereocenters. The first-order valence-electron chi connectivity index (χ1n) is 9.58. The van der Waals surface area contributed by atoms with Crippen LogP contribution in [-0.2, 0) is 5.41 Å². The van der Waals surface area contributed by atoms with Crippen LogP contribution in [0.25, 0.3) is 0 Å². The first-order valence-corrected chi connectivity index (χ1v) is 9.58. The maximum absolute atomic E-state index is 13.3. The molecule has 4 nitrogen and oxygen atoms in total. The molecule has 2 aromatic carbocycles. The highest BCUT2D eigenvalue weighted by molar-refractivity contribution is 6.04. The lowest BCUT2D eigenvalue weighted by molar-refractivity contribution is 0.243. The lowest BCUT2D eigenvalue weighted by Gasteiger charge is -2.51. The second-order valence-electron chi connectivity index (χ2n) is 8.21. The van der Waals surface area contributed by atoms with Crippen molar-refractivity contribution in [3.8, 4) is 0 Å². The molecule has 2 heterocycles. The van der Waals surface area contributed by atoms with Crippen LogP contribution >= 0.6 is 0 Å². The molecule has 4 heteroatoms. The number of nitrogens with one attached hydrogen (secondary N) is 1. The Hall–Kier alpha value is -3.14. The molecule has 4 rings (SSSR count). The molecule has 0 saturated carbocycles. The van der Waals surface area contributed by atoms with Crippen molar-refractivity contribution in [3.05, 3.63) is 90.3 Å². The van der Waals surface area contributed by atoms with Gasteiger partial charge >= 0.3 is 6.03 Å². The summed E-state index contributed by atoms with van der Waals surface area (Å²) in [4.78, 5) is 19.2. The average Bonchev–Trinajstić information content (AvgIpc) is 2.69. The van der Waals surface area contributed by atoms with Crippen molar-refractivity contribution in [1.82, 2.24) is 4.98 Å². The van der Waals surface area contributed by atoms with Crippen molar-refractivity contribution in [1.29, 1.82) is 0 Å². The van der Waals surface area contributed by atoms with Gasteiger partial charge in [-0.1, -0.05) is 55.5 Å². The molecular weight excluding hydrogens is 346 g/mol. The number of carbonyl (C=O) groups excluding carboxylic acids is 1. The molecule has 1 aliphatic rings. The fourth-order valence-electron chi connectivity index (χ4n) is 4.56. The molecule has 0 aliphatic carbocycles. The monoisotopic (exact) mass is 371 g/mol. The van der Waals surface area contributed by atoms with Crippen molar-refractivity contribution < 1.29 is 4.79 Å². The van der Waals surface area contributed by atoms with Gasteiger partial charge in [0.2, 0.25) is 0 Å². The minimum atomic E-state index is -0.365. The Morgan fingerprint density at radius 3 is 2.29 bits per heavy atom. The average molecular weight is 371 g/mol. The predicted molar refractivity (Wildman–Crippen MR) is 114 cm³/mol. The number of nitrogens with zero attached hydrogens (tertiary/aromatic N) is 2. The summed E-state index contributed by atoms with van der Waals surface area (Å²) in [6, 6.07) is 22.3. The minimum Gasteiger partial charge on any atom is -0.307 e. The number of anilines is 2. The summed E-state index contributed by atoms with van der Waals surface area (Å²) in [5.41, 5.74) is 3.60. The van der Waals surface area contributed by atoms with Crippen molar-refractivity contribution in [2.75, 3.05) is 10.2 Å². The van der Waals surface area contributed by atoms with Gasteiger partial charge in [-0.05, 0) is 49.6 Å². The zero-order valence-electron chi connectivity index (χ0n) is 16.5. The molecule has 0 spiro atoms. The Balaban J connectivity index is 1.80. The third kappa shape index (κ3) is 3.05. The summed E-state index contributed by atoms with van der Waals surface area (Å²) in [5, 5.41) is 3.02. The highest BCUT2D eigenvalue weighted by Gasteiger charge is 2.47. The van der Waals surface area contributed by atoms with Gasteiger partial charge in [-0.15, -0.1) is 0 Å². The molecule has 2 amide bonds. The predicted octanol–water partition coefficient (Wildman–Crippen LogP) is 5.61. The fraction of sp³-hybridized carbons (Fsp3) is 0.250. The van der Waals surface area contributed by atoms with E-state index < -0.39 is 0 Å². The Morgan fingerprint density at radius 2 is 1.57 bits per heavy atom. The molecule has 0 saturated heterocycles.